The van der Waals surface area contributed by atoms with Crippen LogP contribution in [0.5, 0.6) is 5.75 Å². The second-order valence-electron chi connectivity index (χ2n) is 5.11. The Balaban J connectivity index is 2.03. The first kappa shape index (κ1) is 15.2. The monoisotopic (exact) mass is 293 g/mol. The third-order valence-electron chi connectivity index (χ3n) is 3.85. The summed E-state index contributed by atoms with van der Waals surface area (Å²) in [7, 11) is 1.64. The lowest BCUT2D eigenvalue weighted by Crippen LogP contribution is -2.45. The molecule has 20 heavy (non-hydrogen) atoms. The first-order valence-electron chi connectivity index (χ1n) is 7.05. The predicted molar refractivity (Wildman–Crippen MR) is 86.3 cm³/mol. The van der Waals surface area contributed by atoms with Crippen molar-refractivity contribution in [2.75, 3.05) is 39.8 Å². The fourth-order valence-corrected chi connectivity index (χ4v) is 2.73. The molecule has 4 nitrogen and oxygen atoms in total. The van der Waals surface area contributed by atoms with Crippen molar-refractivity contribution in [2.45, 2.75) is 13.5 Å². The van der Waals surface area contributed by atoms with E-state index in [1.807, 2.05) is 12.1 Å². The highest BCUT2D eigenvalue weighted by Gasteiger charge is 2.16. The number of rotatable bonds is 5. The van der Waals surface area contributed by atoms with E-state index in [2.05, 4.69) is 22.8 Å². The molecule has 2 rings (SSSR count). The molecular formula is C15H23N3OS. The highest BCUT2D eigenvalue weighted by atomic mass is 32.1. The summed E-state index contributed by atoms with van der Waals surface area (Å²) in [5, 5.41) is 0. The van der Waals surface area contributed by atoms with Gasteiger partial charge in [-0.05, 0) is 24.2 Å². The van der Waals surface area contributed by atoms with Crippen molar-refractivity contribution >= 4 is 17.2 Å². The summed E-state index contributed by atoms with van der Waals surface area (Å²) in [6, 6.07) is 6.09. The summed E-state index contributed by atoms with van der Waals surface area (Å²) in [6.45, 7) is 8.82. The van der Waals surface area contributed by atoms with Crippen LogP contribution in [0.2, 0.25) is 0 Å². The average molecular weight is 293 g/mol. The van der Waals surface area contributed by atoms with E-state index in [-0.39, 0.29) is 0 Å². The number of hydrogen-bond acceptors (Lipinski definition) is 4. The molecule has 0 saturated carbocycles. The van der Waals surface area contributed by atoms with Crippen LogP contribution in [0.1, 0.15) is 18.1 Å². The number of ether oxygens (including phenoxy) is 1. The number of nitrogens with two attached hydrogens (primary N) is 1. The molecule has 0 atom stereocenters. The minimum Gasteiger partial charge on any atom is -0.496 e. The number of hydrogen-bond donors (Lipinski definition) is 1. The van der Waals surface area contributed by atoms with Crippen molar-refractivity contribution < 1.29 is 4.74 Å². The smallest absolute Gasteiger partial charge is 0.129 e. The third-order valence-corrected chi connectivity index (χ3v) is 4.07. The van der Waals surface area contributed by atoms with Gasteiger partial charge >= 0.3 is 0 Å². The molecule has 1 aromatic rings. The van der Waals surface area contributed by atoms with Crippen molar-refractivity contribution in [3.8, 4) is 5.75 Å². The zero-order chi connectivity index (χ0) is 14.5. The molecule has 1 heterocycles. The van der Waals surface area contributed by atoms with Crippen molar-refractivity contribution in [1.82, 2.24) is 9.80 Å². The van der Waals surface area contributed by atoms with Crippen LogP contribution in [0.25, 0.3) is 0 Å². The molecule has 0 spiro atoms. The van der Waals surface area contributed by atoms with E-state index in [9.17, 15) is 0 Å². The zero-order valence-corrected chi connectivity index (χ0v) is 13.1. The SMILES string of the molecule is CCN1CCN(Cc2ccc(OC)c(C(N)=S)c2)CC1. The Bertz CT molecular complexity index is 470. The Morgan fingerprint density at radius 3 is 2.45 bits per heavy atom. The zero-order valence-electron chi connectivity index (χ0n) is 12.3. The molecule has 0 bridgehead atoms. The fraction of sp³-hybridized carbons (Fsp3) is 0.533. The lowest BCUT2D eigenvalue weighted by atomic mass is 10.1. The molecule has 5 heteroatoms. The highest BCUT2D eigenvalue weighted by molar-refractivity contribution is 7.80. The van der Waals surface area contributed by atoms with Crippen molar-refractivity contribution in [2.24, 2.45) is 5.73 Å². The number of likely N-dealkylation sites (N-methyl/N-ethyl adjacent to an activating group) is 1. The summed E-state index contributed by atoms with van der Waals surface area (Å²) < 4.78 is 5.29. The number of thiocarbonyl (C=S) groups is 1. The van der Waals surface area contributed by atoms with Crippen LogP contribution < -0.4 is 10.5 Å². The Labute approximate surface area is 126 Å². The molecule has 1 aliphatic heterocycles. The van der Waals surface area contributed by atoms with E-state index in [1.54, 1.807) is 7.11 Å². The van der Waals surface area contributed by atoms with Gasteiger partial charge in [-0.1, -0.05) is 25.2 Å². The number of methoxy groups -OCH3 is 1. The van der Waals surface area contributed by atoms with Gasteiger partial charge in [-0.15, -0.1) is 0 Å². The largest absolute Gasteiger partial charge is 0.496 e. The molecule has 1 fully saturated rings. The Kier molecular flexibility index (Phi) is 5.34. The van der Waals surface area contributed by atoms with E-state index < -0.39 is 0 Å². The average Bonchev–Trinajstić information content (AvgIpc) is 2.48. The molecule has 0 aromatic heterocycles. The van der Waals surface area contributed by atoms with E-state index in [0.29, 0.717) is 4.99 Å². The van der Waals surface area contributed by atoms with Gasteiger partial charge in [-0.2, -0.15) is 0 Å². The molecule has 0 radical (unpaired) electrons. The maximum absolute atomic E-state index is 5.76. The van der Waals surface area contributed by atoms with Crippen LogP contribution in [-0.2, 0) is 6.54 Å². The Morgan fingerprint density at radius 2 is 1.90 bits per heavy atom. The topological polar surface area (TPSA) is 41.7 Å². The van der Waals surface area contributed by atoms with E-state index in [0.717, 1.165) is 50.6 Å². The van der Waals surface area contributed by atoms with Crippen molar-refractivity contribution in [3.63, 3.8) is 0 Å². The van der Waals surface area contributed by atoms with Crippen molar-refractivity contribution in [1.29, 1.82) is 0 Å². The minimum atomic E-state index is 0.388. The second-order valence-corrected chi connectivity index (χ2v) is 5.55. The van der Waals surface area contributed by atoms with Gasteiger partial charge in [0.25, 0.3) is 0 Å². The Hall–Kier alpha value is -1.17. The van der Waals surface area contributed by atoms with Gasteiger partial charge in [0.2, 0.25) is 0 Å². The van der Waals surface area contributed by atoms with E-state index >= 15 is 0 Å². The maximum Gasteiger partial charge on any atom is 0.129 e. The maximum atomic E-state index is 5.76. The summed E-state index contributed by atoms with van der Waals surface area (Å²) in [6.07, 6.45) is 0. The van der Waals surface area contributed by atoms with Gasteiger partial charge in [0, 0.05) is 32.7 Å². The molecule has 110 valence electrons. The molecule has 0 aliphatic carbocycles. The molecule has 1 saturated heterocycles. The summed E-state index contributed by atoms with van der Waals surface area (Å²) in [4.78, 5) is 5.34. The van der Waals surface area contributed by atoms with E-state index in [1.165, 1.54) is 5.56 Å². The van der Waals surface area contributed by atoms with Crippen LogP contribution in [0.3, 0.4) is 0 Å². The number of benzene rings is 1. The Morgan fingerprint density at radius 1 is 1.25 bits per heavy atom. The van der Waals surface area contributed by atoms with Crippen molar-refractivity contribution in [3.05, 3.63) is 29.3 Å². The first-order chi connectivity index (χ1) is 9.63. The van der Waals surface area contributed by atoms with Crippen LogP contribution in [-0.4, -0.2) is 54.6 Å². The normalized spacial score (nSPS) is 17.1. The van der Waals surface area contributed by atoms with Crippen LogP contribution in [0.4, 0.5) is 0 Å². The summed E-state index contributed by atoms with van der Waals surface area (Å²) in [5.74, 6) is 0.747. The van der Waals surface area contributed by atoms with Crippen LogP contribution >= 0.6 is 12.2 Å². The molecule has 0 amide bonds. The predicted octanol–water partition coefficient (Wildman–Crippen LogP) is 1.47. The molecule has 1 aliphatic rings. The molecule has 2 N–H and O–H groups in total. The number of piperazine rings is 1. The second kappa shape index (κ2) is 7.02. The van der Waals surface area contributed by atoms with Gasteiger partial charge in [0.15, 0.2) is 0 Å². The summed E-state index contributed by atoms with van der Waals surface area (Å²) in [5.41, 5.74) is 7.82. The quantitative estimate of drug-likeness (QED) is 0.833. The summed E-state index contributed by atoms with van der Waals surface area (Å²) >= 11 is 5.09. The lowest BCUT2D eigenvalue weighted by Gasteiger charge is -2.34. The lowest BCUT2D eigenvalue weighted by molar-refractivity contribution is 0.132. The van der Waals surface area contributed by atoms with Crippen LogP contribution in [0, 0.1) is 0 Å². The minimum absolute atomic E-state index is 0.388. The van der Waals surface area contributed by atoms with Gasteiger partial charge in [-0.3, -0.25) is 4.90 Å². The van der Waals surface area contributed by atoms with Gasteiger partial charge < -0.3 is 15.4 Å². The first-order valence-corrected chi connectivity index (χ1v) is 7.46. The van der Waals surface area contributed by atoms with Gasteiger partial charge in [-0.25, -0.2) is 0 Å². The molecule has 0 unspecified atom stereocenters. The van der Waals surface area contributed by atoms with Crippen LogP contribution in [0.15, 0.2) is 18.2 Å². The third kappa shape index (κ3) is 3.69. The van der Waals surface area contributed by atoms with Gasteiger partial charge in [0.05, 0.1) is 12.7 Å². The molecular weight excluding hydrogens is 270 g/mol. The molecule has 1 aromatic carbocycles. The standard InChI is InChI=1S/C15H23N3OS/c1-3-17-6-8-18(9-7-17)11-12-4-5-14(19-2)13(10-12)15(16)20/h4-5,10H,3,6-9,11H2,1-2H3,(H2,16,20). The van der Waals surface area contributed by atoms with E-state index in [4.69, 9.17) is 22.7 Å². The van der Waals surface area contributed by atoms with Gasteiger partial charge in [0.1, 0.15) is 10.7 Å². The highest BCUT2D eigenvalue weighted by Crippen LogP contribution is 2.21. The number of nitrogens with zero attached hydrogens (tertiary/aromatic N) is 2. The fourth-order valence-electron chi connectivity index (χ4n) is 2.57.